The third kappa shape index (κ3) is 4.73. The lowest BCUT2D eigenvalue weighted by Crippen LogP contribution is -2.43. The van der Waals surface area contributed by atoms with Crippen LogP contribution in [0.2, 0.25) is 0 Å². The van der Waals surface area contributed by atoms with Crippen LogP contribution < -0.4 is 5.32 Å². The molecule has 1 saturated carbocycles. The first-order valence-corrected chi connectivity index (χ1v) is 8.21. The van der Waals surface area contributed by atoms with E-state index in [0.717, 1.165) is 12.8 Å². The van der Waals surface area contributed by atoms with Gasteiger partial charge in [-0.25, -0.2) is 4.79 Å². The molecule has 22 heavy (non-hydrogen) atoms. The second-order valence-corrected chi connectivity index (χ2v) is 6.73. The summed E-state index contributed by atoms with van der Waals surface area (Å²) in [6.07, 6.45) is 1.78. The Morgan fingerprint density at radius 2 is 1.95 bits per heavy atom. The van der Waals surface area contributed by atoms with Gasteiger partial charge < -0.3 is 15.3 Å². The van der Waals surface area contributed by atoms with Crippen molar-refractivity contribution in [3.8, 4) is 0 Å². The number of amides is 2. The number of nitrogens with one attached hydrogen (secondary N) is 1. The maximum Gasteiger partial charge on any atom is 0.317 e. The minimum Gasteiger partial charge on any atom is -0.391 e. The molecule has 0 radical (unpaired) electrons. The van der Waals surface area contributed by atoms with Gasteiger partial charge in [0.2, 0.25) is 0 Å². The second kappa shape index (κ2) is 7.63. The van der Waals surface area contributed by atoms with Crippen LogP contribution in [0.4, 0.5) is 4.79 Å². The monoisotopic (exact) mass is 304 g/mol. The molecular formula is C18H28N2O2. The number of nitrogens with zero attached hydrogens (tertiary/aromatic N) is 1. The molecule has 1 fully saturated rings. The Labute approximate surface area is 133 Å². The van der Waals surface area contributed by atoms with Crippen molar-refractivity contribution >= 4 is 6.03 Å². The predicted octanol–water partition coefficient (Wildman–Crippen LogP) is 2.84. The van der Waals surface area contributed by atoms with Crippen LogP contribution in [0, 0.1) is 11.8 Å². The first-order chi connectivity index (χ1) is 10.5. The van der Waals surface area contributed by atoms with Crippen LogP contribution in [0.3, 0.4) is 0 Å². The van der Waals surface area contributed by atoms with Crippen LogP contribution in [0.1, 0.15) is 38.2 Å². The zero-order valence-corrected chi connectivity index (χ0v) is 13.8. The average molecular weight is 304 g/mol. The van der Waals surface area contributed by atoms with E-state index in [1.807, 2.05) is 18.2 Å². The summed E-state index contributed by atoms with van der Waals surface area (Å²) in [4.78, 5) is 13.8. The molecule has 1 aliphatic rings. The van der Waals surface area contributed by atoms with E-state index >= 15 is 0 Å². The number of urea groups is 1. The molecule has 2 amide bonds. The lowest BCUT2D eigenvalue weighted by Gasteiger charge is -2.25. The van der Waals surface area contributed by atoms with Gasteiger partial charge in [0.05, 0.1) is 6.10 Å². The number of benzene rings is 1. The summed E-state index contributed by atoms with van der Waals surface area (Å²) in [6.45, 7) is 5.37. The Bertz CT molecular complexity index is 471. The predicted molar refractivity (Wildman–Crippen MR) is 88.8 cm³/mol. The van der Waals surface area contributed by atoms with E-state index in [0.29, 0.717) is 30.8 Å². The van der Waals surface area contributed by atoms with Gasteiger partial charge >= 0.3 is 6.03 Å². The van der Waals surface area contributed by atoms with Crippen LogP contribution >= 0.6 is 0 Å². The quantitative estimate of drug-likeness (QED) is 0.814. The van der Waals surface area contributed by atoms with Crippen molar-refractivity contribution in [2.24, 2.45) is 11.8 Å². The highest BCUT2D eigenvalue weighted by molar-refractivity contribution is 5.73. The number of aliphatic hydroxyl groups is 1. The smallest absolute Gasteiger partial charge is 0.317 e. The number of hydrogen-bond acceptors (Lipinski definition) is 2. The van der Waals surface area contributed by atoms with Crippen LogP contribution in [0.5, 0.6) is 0 Å². The van der Waals surface area contributed by atoms with Crippen molar-refractivity contribution in [2.75, 3.05) is 20.1 Å². The molecule has 2 atom stereocenters. The minimum atomic E-state index is -0.384. The van der Waals surface area contributed by atoms with Crippen molar-refractivity contribution in [3.05, 3.63) is 35.9 Å². The standard InChI is InChI=1S/C18H28N2O2/c1-13(2)16(14-7-5-4-6-8-14)11-19-18(22)20(3)12-17(21)15-9-10-15/h4-8,13,15-17,21H,9-12H2,1-3H3,(H,19,22). The summed E-state index contributed by atoms with van der Waals surface area (Å²) in [5, 5.41) is 12.9. The first kappa shape index (κ1) is 16.8. The van der Waals surface area contributed by atoms with E-state index in [1.54, 1.807) is 11.9 Å². The summed E-state index contributed by atoms with van der Waals surface area (Å²) >= 11 is 0. The fraction of sp³-hybridized carbons (Fsp3) is 0.611. The Kier molecular flexibility index (Phi) is 5.83. The number of rotatable bonds is 7. The number of hydrogen-bond donors (Lipinski definition) is 2. The minimum absolute atomic E-state index is 0.110. The molecule has 0 aliphatic heterocycles. The maximum atomic E-state index is 12.2. The van der Waals surface area contributed by atoms with Crippen molar-refractivity contribution in [3.63, 3.8) is 0 Å². The molecule has 2 unspecified atom stereocenters. The Balaban J connectivity index is 1.84. The highest BCUT2D eigenvalue weighted by Crippen LogP contribution is 2.32. The molecule has 1 aromatic rings. The molecule has 4 heteroatoms. The fourth-order valence-corrected chi connectivity index (χ4v) is 2.76. The normalized spacial score (nSPS) is 17.1. The summed E-state index contributed by atoms with van der Waals surface area (Å²) < 4.78 is 0. The molecule has 1 aromatic carbocycles. The maximum absolute atomic E-state index is 12.2. The Morgan fingerprint density at radius 3 is 2.50 bits per heavy atom. The first-order valence-electron chi connectivity index (χ1n) is 8.21. The number of aliphatic hydroxyl groups excluding tert-OH is 1. The summed E-state index contributed by atoms with van der Waals surface area (Å²) in [5.74, 6) is 1.14. The van der Waals surface area contributed by atoms with Crippen molar-refractivity contribution in [1.82, 2.24) is 10.2 Å². The topological polar surface area (TPSA) is 52.6 Å². The fourth-order valence-electron chi connectivity index (χ4n) is 2.76. The molecule has 0 aromatic heterocycles. The lowest BCUT2D eigenvalue weighted by molar-refractivity contribution is 0.113. The van der Waals surface area contributed by atoms with Gasteiger partial charge in [0, 0.05) is 26.1 Å². The molecule has 1 aliphatic carbocycles. The average Bonchev–Trinajstić information content (AvgIpc) is 3.32. The molecule has 2 rings (SSSR count). The van der Waals surface area contributed by atoms with Gasteiger partial charge in [0.15, 0.2) is 0 Å². The summed E-state index contributed by atoms with van der Waals surface area (Å²) in [5.41, 5.74) is 1.25. The molecule has 0 bridgehead atoms. The SMILES string of the molecule is CC(C)C(CNC(=O)N(C)CC(O)C1CC1)c1ccccc1. The van der Waals surface area contributed by atoms with Crippen LogP contribution in [0.15, 0.2) is 30.3 Å². The van der Waals surface area contributed by atoms with Gasteiger partial charge in [0.25, 0.3) is 0 Å². The van der Waals surface area contributed by atoms with E-state index in [2.05, 4.69) is 31.3 Å². The molecule has 0 saturated heterocycles. The zero-order chi connectivity index (χ0) is 16.1. The third-order valence-electron chi connectivity index (χ3n) is 4.48. The molecular weight excluding hydrogens is 276 g/mol. The van der Waals surface area contributed by atoms with Crippen LogP contribution in [-0.4, -0.2) is 42.3 Å². The zero-order valence-electron chi connectivity index (χ0n) is 13.8. The number of likely N-dealkylation sites (N-methyl/N-ethyl adjacent to an activating group) is 1. The van der Waals surface area contributed by atoms with E-state index < -0.39 is 0 Å². The molecule has 0 heterocycles. The van der Waals surface area contributed by atoms with Gasteiger partial charge in [-0.15, -0.1) is 0 Å². The van der Waals surface area contributed by atoms with Gasteiger partial charge in [-0.2, -0.15) is 0 Å². The van der Waals surface area contributed by atoms with Crippen molar-refractivity contribution in [2.45, 2.75) is 38.7 Å². The van der Waals surface area contributed by atoms with Crippen LogP contribution in [0.25, 0.3) is 0 Å². The van der Waals surface area contributed by atoms with Gasteiger partial charge in [-0.05, 0) is 30.2 Å². The van der Waals surface area contributed by atoms with E-state index in [4.69, 9.17) is 0 Å². The molecule has 0 spiro atoms. The lowest BCUT2D eigenvalue weighted by atomic mass is 9.88. The molecule has 4 nitrogen and oxygen atoms in total. The van der Waals surface area contributed by atoms with Gasteiger partial charge in [-0.3, -0.25) is 0 Å². The Morgan fingerprint density at radius 1 is 1.32 bits per heavy atom. The summed E-state index contributed by atoms with van der Waals surface area (Å²) in [6, 6.07) is 10.2. The number of carbonyl (C=O) groups excluding carboxylic acids is 1. The largest absolute Gasteiger partial charge is 0.391 e. The van der Waals surface area contributed by atoms with Crippen molar-refractivity contribution < 1.29 is 9.90 Å². The molecule has 2 N–H and O–H groups in total. The highest BCUT2D eigenvalue weighted by atomic mass is 16.3. The highest BCUT2D eigenvalue weighted by Gasteiger charge is 2.31. The summed E-state index contributed by atoms with van der Waals surface area (Å²) in [7, 11) is 1.74. The van der Waals surface area contributed by atoms with Crippen LogP contribution in [-0.2, 0) is 0 Å². The molecule has 122 valence electrons. The second-order valence-electron chi connectivity index (χ2n) is 6.73. The van der Waals surface area contributed by atoms with E-state index in [-0.39, 0.29) is 12.1 Å². The van der Waals surface area contributed by atoms with E-state index in [9.17, 15) is 9.90 Å². The number of carbonyl (C=O) groups is 1. The van der Waals surface area contributed by atoms with E-state index in [1.165, 1.54) is 5.56 Å². The van der Waals surface area contributed by atoms with Gasteiger partial charge in [0.1, 0.15) is 0 Å². The van der Waals surface area contributed by atoms with Gasteiger partial charge in [-0.1, -0.05) is 44.2 Å². The third-order valence-corrected chi connectivity index (χ3v) is 4.48. The Hall–Kier alpha value is -1.55. The van der Waals surface area contributed by atoms with Crippen molar-refractivity contribution in [1.29, 1.82) is 0 Å².